The van der Waals surface area contributed by atoms with Crippen LogP contribution in [0.15, 0.2) is 72.9 Å². The van der Waals surface area contributed by atoms with Gasteiger partial charge in [0.25, 0.3) is 0 Å². The van der Waals surface area contributed by atoms with Crippen molar-refractivity contribution in [1.29, 1.82) is 0 Å². The number of nitrogen functional groups attached to an aromatic ring is 1. The molecule has 4 aliphatic rings. The Kier molecular flexibility index (Phi) is 5.68. The molecule has 0 aliphatic heterocycles. The third kappa shape index (κ3) is 4.55. The fraction of sp³-hybridized carbons (Fsp3) is 0.364. The van der Waals surface area contributed by atoms with Crippen molar-refractivity contribution in [2.24, 2.45) is 23.2 Å². The van der Waals surface area contributed by atoms with Crippen LogP contribution in [0, 0.1) is 23.2 Å². The topological polar surface area (TPSA) is 80.9 Å². The summed E-state index contributed by atoms with van der Waals surface area (Å²) < 4.78 is 0. The Balaban J connectivity index is 1.18. The first-order valence-corrected chi connectivity index (χ1v) is 14.0. The number of hydrogen-bond donors (Lipinski definition) is 2. The van der Waals surface area contributed by atoms with E-state index in [1.807, 2.05) is 42.5 Å². The number of anilines is 2. The van der Waals surface area contributed by atoms with Crippen LogP contribution in [0.5, 0.6) is 0 Å². The van der Waals surface area contributed by atoms with Gasteiger partial charge in [0.2, 0.25) is 5.91 Å². The van der Waals surface area contributed by atoms with Crippen molar-refractivity contribution in [1.82, 2.24) is 9.97 Å². The highest BCUT2D eigenvalue weighted by Gasteiger charge is 2.51. The zero-order valence-corrected chi connectivity index (χ0v) is 21.7. The van der Waals surface area contributed by atoms with Gasteiger partial charge in [-0.25, -0.2) is 9.97 Å². The molecule has 38 heavy (non-hydrogen) atoms. The van der Waals surface area contributed by atoms with Crippen LogP contribution in [0.3, 0.4) is 0 Å². The molecule has 3 aromatic carbocycles. The van der Waals surface area contributed by atoms with Crippen LogP contribution in [0.2, 0.25) is 0 Å². The molecule has 1 amide bonds. The van der Waals surface area contributed by atoms with Crippen molar-refractivity contribution < 1.29 is 4.79 Å². The molecular formula is C33H34N4O. The van der Waals surface area contributed by atoms with Crippen molar-refractivity contribution >= 4 is 28.2 Å². The summed E-state index contributed by atoms with van der Waals surface area (Å²) in [6.07, 6.45) is 11.1. The van der Waals surface area contributed by atoms with Gasteiger partial charge in [0, 0.05) is 11.3 Å². The normalized spacial score (nSPS) is 25.5. The van der Waals surface area contributed by atoms with E-state index in [1.54, 1.807) is 6.20 Å². The van der Waals surface area contributed by atoms with E-state index in [4.69, 9.17) is 15.7 Å². The number of amides is 1. The summed E-state index contributed by atoms with van der Waals surface area (Å²) in [4.78, 5) is 23.1. The average molecular weight is 503 g/mol. The summed E-state index contributed by atoms with van der Waals surface area (Å²) in [7, 11) is 0. The number of benzene rings is 3. The Hall–Kier alpha value is -3.73. The smallest absolute Gasteiger partial charge is 0.229 e. The van der Waals surface area contributed by atoms with Crippen molar-refractivity contribution in [3.8, 4) is 11.3 Å². The maximum Gasteiger partial charge on any atom is 0.229 e. The highest BCUT2D eigenvalue weighted by Crippen LogP contribution is 2.61. The van der Waals surface area contributed by atoms with Crippen LogP contribution >= 0.6 is 0 Å². The number of carbonyl (C=O) groups excluding carboxylic acids is 1. The SMILES string of the molecule is Nc1ccc(-c2cnc(NC(=O)Cc3ccc4ccccc4c3)c(CC34CC5CC(CC(C5)C3)C4)n2)cc1. The monoisotopic (exact) mass is 502 g/mol. The second-order valence-corrected chi connectivity index (χ2v) is 12.2. The van der Waals surface area contributed by atoms with E-state index in [0.29, 0.717) is 17.7 Å². The van der Waals surface area contributed by atoms with Crippen molar-refractivity contribution in [2.75, 3.05) is 11.1 Å². The first-order chi connectivity index (χ1) is 18.5. The molecule has 192 valence electrons. The van der Waals surface area contributed by atoms with Gasteiger partial charge >= 0.3 is 0 Å². The molecule has 5 heteroatoms. The van der Waals surface area contributed by atoms with Gasteiger partial charge in [0.05, 0.1) is 24.0 Å². The third-order valence-electron chi connectivity index (χ3n) is 9.20. The molecule has 0 atom stereocenters. The molecule has 0 radical (unpaired) electrons. The van der Waals surface area contributed by atoms with Gasteiger partial charge in [-0.2, -0.15) is 0 Å². The van der Waals surface area contributed by atoms with Gasteiger partial charge in [-0.1, -0.05) is 54.6 Å². The van der Waals surface area contributed by atoms with Gasteiger partial charge in [0.15, 0.2) is 5.82 Å². The largest absolute Gasteiger partial charge is 0.399 e. The maximum atomic E-state index is 13.2. The van der Waals surface area contributed by atoms with E-state index >= 15 is 0 Å². The molecule has 3 N–H and O–H groups in total. The first kappa shape index (κ1) is 23.4. The third-order valence-corrected chi connectivity index (χ3v) is 9.20. The minimum absolute atomic E-state index is 0.0541. The lowest BCUT2D eigenvalue weighted by atomic mass is 9.48. The van der Waals surface area contributed by atoms with E-state index < -0.39 is 0 Å². The molecule has 4 aromatic rings. The fourth-order valence-corrected chi connectivity index (χ4v) is 8.02. The van der Waals surface area contributed by atoms with E-state index in [1.165, 1.54) is 43.9 Å². The number of rotatable bonds is 6. The number of carbonyl (C=O) groups is 1. The molecule has 1 heterocycles. The lowest BCUT2D eigenvalue weighted by Gasteiger charge is -2.57. The summed E-state index contributed by atoms with van der Waals surface area (Å²) in [5, 5.41) is 5.47. The second-order valence-electron chi connectivity index (χ2n) is 12.2. The molecular weight excluding hydrogens is 468 g/mol. The Labute approximate surface area is 223 Å². The number of aromatic nitrogens is 2. The second kappa shape index (κ2) is 9.23. The Bertz CT molecular complexity index is 1470. The van der Waals surface area contributed by atoms with Crippen LogP contribution in [0.4, 0.5) is 11.5 Å². The Morgan fingerprint density at radius 2 is 1.58 bits per heavy atom. The summed E-state index contributed by atoms with van der Waals surface area (Å²) in [6.45, 7) is 0. The highest BCUT2D eigenvalue weighted by atomic mass is 16.1. The molecule has 4 saturated carbocycles. The number of nitrogens with zero attached hydrogens (tertiary/aromatic N) is 2. The van der Waals surface area contributed by atoms with Gasteiger partial charge < -0.3 is 11.1 Å². The maximum absolute atomic E-state index is 13.2. The number of nitrogens with two attached hydrogens (primary N) is 1. The molecule has 0 unspecified atom stereocenters. The zero-order valence-electron chi connectivity index (χ0n) is 21.7. The van der Waals surface area contributed by atoms with Crippen LogP contribution in [-0.4, -0.2) is 15.9 Å². The van der Waals surface area contributed by atoms with E-state index in [2.05, 4.69) is 29.6 Å². The summed E-state index contributed by atoms with van der Waals surface area (Å²) in [6, 6.07) is 22.2. The van der Waals surface area contributed by atoms with Gasteiger partial charge in [-0.3, -0.25) is 4.79 Å². The quantitative estimate of drug-likeness (QED) is 0.284. The Morgan fingerprint density at radius 1 is 0.895 bits per heavy atom. The van der Waals surface area contributed by atoms with Gasteiger partial charge in [0.1, 0.15) is 0 Å². The summed E-state index contributed by atoms with van der Waals surface area (Å²) in [5.41, 5.74) is 10.7. The molecule has 4 fully saturated rings. The molecule has 4 aliphatic carbocycles. The number of hydrogen-bond acceptors (Lipinski definition) is 4. The van der Waals surface area contributed by atoms with Crippen molar-refractivity contribution in [3.05, 3.63) is 84.2 Å². The Morgan fingerprint density at radius 3 is 2.29 bits per heavy atom. The highest BCUT2D eigenvalue weighted by molar-refractivity contribution is 5.93. The van der Waals surface area contributed by atoms with Crippen LogP contribution < -0.4 is 11.1 Å². The zero-order chi connectivity index (χ0) is 25.7. The lowest BCUT2D eigenvalue weighted by Crippen LogP contribution is -2.47. The van der Waals surface area contributed by atoms with Crippen LogP contribution in [-0.2, 0) is 17.6 Å². The van der Waals surface area contributed by atoms with Crippen LogP contribution in [0.25, 0.3) is 22.0 Å². The van der Waals surface area contributed by atoms with Gasteiger partial charge in [-0.15, -0.1) is 0 Å². The average Bonchev–Trinajstić information content (AvgIpc) is 2.89. The molecule has 1 aromatic heterocycles. The fourth-order valence-electron chi connectivity index (χ4n) is 8.02. The minimum Gasteiger partial charge on any atom is -0.399 e. The number of fused-ring (bicyclic) bond motifs is 1. The van der Waals surface area contributed by atoms with E-state index in [9.17, 15) is 4.79 Å². The lowest BCUT2D eigenvalue weighted by molar-refractivity contribution is -0.115. The van der Waals surface area contributed by atoms with E-state index in [0.717, 1.165) is 57.8 Å². The predicted octanol–water partition coefficient (Wildman–Crippen LogP) is 6.82. The van der Waals surface area contributed by atoms with Crippen LogP contribution in [0.1, 0.15) is 49.8 Å². The summed E-state index contributed by atoms with van der Waals surface area (Å²) >= 11 is 0. The summed E-state index contributed by atoms with van der Waals surface area (Å²) in [5.74, 6) is 3.15. The standard InChI is InChI=1S/C33H34N4O/c34-28-9-7-26(8-10-28)30-20-35-32(37-31(38)15-21-5-6-25-3-1-2-4-27(25)14-21)29(36-30)19-33-16-22-11-23(17-33)13-24(12-22)18-33/h1-10,14,20,22-24H,11-13,15-19,34H2,(H,35,37,38). The molecule has 5 nitrogen and oxygen atoms in total. The molecule has 0 spiro atoms. The molecule has 8 rings (SSSR count). The minimum atomic E-state index is -0.0541. The molecule has 4 bridgehead atoms. The predicted molar refractivity (Wildman–Crippen MR) is 152 cm³/mol. The van der Waals surface area contributed by atoms with Gasteiger partial charge in [-0.05, 0) is 96.6 Å². The first-order valence-electron chi connectivity index (χ1n) is 14.0. The molecule has 0 saturated heterocycles. The number of nitrogens with one attached hydrogen (secondary N) is 1. The van der Waals surface area contributed by atoms with E-state index in [-0.39, 0.29) is 5.91 Å². The van der Waals surface area contributed by atoms with Crippen molar-refractivity contribution in [2.45, 2.75) is 51.4 Å². The van der Waals surface area contributed by atoms with Crippen molar-refractivity contribution in [3.63, 3.8) is 0 Å².